The van der Waals surface area contributed by atoms with Crippen LogP contribution in [0.15, 0.2) is 18.2 Å². The van der Waals surface area contributed by atoms with Crippen molar-refractivity contribution in [2.24, 2.45) is 0 Å². The van der Waals surface area contributed by atoms with Crippen molar-refractivity contribution < 1.29 is 0 Å². The van der Waals surface area contributed by atoms with Crippen LogP contribution in [-0.2, 0) is 0 Å². The molecule has 100 valence electrons. The summed E-state index contributed by atoms with van der Waals surface area (Å²) >= 11 is 2.16. The molecule has 0 bridgehead atoms. The number of aryl methyl sites for hydroxylation is 1. The first kappa shape index (κ1) is 14.0. The zero-order valence-electron chi connectivity index (χ0n) is 11.8. The summed E-state index contributed by atoms with van der Waals surface area (Å²) in [4.78, 5) is 0. The van der Waals surface area contributed by atoms with Gasteiger partial charge in [-0.3, -0.25) is 0 Å². The van der Waals surface area contributed by atoms with Gasteiger partial charge in [-0.2, -0.15) is 11.8 Å². The van der Waals surface area contributed by atoms with E-state index >= 15 is 0 Å². The minimum atomic E-state index is 0.528. The zero-order valence-corrected chi connectivity index (χ0v) is 12.6. The lowest BCUT2D eigenvalue weighted by Gasteiger charge is -2.32. The molecular weight excluding hydrogens is 238 g/mol. The Morgan fingerprint density at radius 3 is 2.83 bits per heavy atom. The normalized spacial score (nSPS) is 21.8. The molecule has 1 N–H and O–H groups in total. The van der Waals surface area contributed by atoms with Crippen LogP contribution in [0, 0.1) is 13.8 Å². The molecule has 1 nitrogen and oxygen atoms in total. The molecule has 2 atom stereocenters. The fraction of sp³-hybridized carbons (Fsp3) is 0.625. The highest BCUT2D eigenvalue weighted by Crippen LogP contribution is 2.36. The number of benzene rings is 1. The summed E-state index contributed by atoms with van der Waals surface area (Å²) in [7, 11) is 0. The molecule has 0 spiro atoms. The van der Waals surface area contributed by atoms with Crippen molar-refractivity contribution in [2.75, 3.05) is 12.3 Å². The first-order valence-corrected chi connectivity index (χ1v) is 8.20. The maximum Gasteiger partial charge on any atom is 0.0443 e. The van der Waals surface area contributed by atoms with Crippen LogP contribution in [0.25, 0.3) is 0 Å². The third-order valence-electron chi connectivity index (χ3n) is 3.99. The van der Waals surface area contributed by atoms with Crippen molar-refractivity contribution in [3.8, 4) is 0 Å². The minimum absolute atomic E-state index is 0.528. The van der Waals surface area contributed by atoms with Crippen LogP contribution in [0.5, 0.6) is 0 Å². The predicted molar refractivity (Wildman–Crippen MR) is 82.4 cm³/mol. The molecule has 1 aliphatic heterocycles. The second kappa shape index (κ2) is 6.63. The third-order valence-corrected chi connectivity index (χ3v) is 5.45. The van der Waals surface area contributed by atoms with E-state index in [9.17, 15) is 0 Å². The molecule has 0 amide bonds. The van der Waals surface area contributed by atoms with Gasteiger partial charge in [0.1, 0.15) is 0 Å². The zero-order chi connectivity index (χ0) is 13.0. The number of hydrogen-bond donors (Lipinski definition) is 1. The Balaban J connectivity index is 2.25. The summed E-state index contributed by atoms with van der Waals surface area (Å²) in [5, 5.41) is 4.47. The van der Waals surface area contributed by atoms with Gasteiger partial charge in [-0.25, -0.2) is 0 Å². The summed E-state index contributed by atoms with van der Waals surface area (Å²) in [5.41, 5.74) is 4.39. The van der Waals surface area contributed by atoms with Gasteiger partial charge >= 0.3 is 0 Å². The van der Waals surface area contributed by atoms with Crippen molar-refractivity contribution in [1.82, 2.24) is 5.32 Å². The van der Waals surface area contributed by atoms with Crippen molar-refractivity contribution >= 4 is 11.8 Å². The van der Waals surface area contributed by atoms with E-state index in [1.807, 2.05) is 0 Å². The van der Waals surface area contributed by atoms with Crippen molar-refractivity contribution in [1.29, 1.82) is 0 Å². The summed E-state index contributed by atoms with van der Waals surface area (Å²) in [6.07, 6.45) is 4.15. The highest BCUT2D eigenvalue weighted by Gasteiger charge is 2.26. The molecule has 1 aromatic carbocycles. The van der Waals surface area contributed by atoms with Crippen molar-refractivity contribution in [2.45, 2.75) is 51.3 Å². The predicted octanol–water partition coefficient (Wildman–Crippen LogP) is 4.24. The molecule has 0 aliphatic carbocycles. The lowest BCUT2D eigenvalue weighted by Crippen LogP contribution is -2.32. The summed E-state index contributed by atoms with van der Waals surface area (Å²) in [6.45, 7) is 7.75. The van der Waals surface area contributed by atoms with Gasteiger partial charge in [-0.1, -0.05) is 31.5 Å². The first-order valence-electron chi connectivity index (χ1n) is 7.15. The Labute approximate surface area is 116 Å². The molecule has 1 fully saturated rings. The second-order valence-corrected chi connectivity index (χ2v) is 6.58. The largest absolute Gasteiger partial charge is 0.309 e. The van der Waals surface area contributed by atoms with E-state index < -0.39 is 0 Å². The molecule has 1 saturated heterocycles. The van der Waals surface area contributed by atoms with Gasteiger partial charge in [0.2, 0.25) is 0 Å². The highest BCUT2D eigenvalue weighted by molar-refractivity contribution is 8.00. The van der Waals surface area contributed by atoms with E-state index in [2.05, 4.69) is 56.0 Å². The van der Waals surface area contributed by atoms with Crippen LogP contribution in [0.2, 0.25) is 0 Å². The van der Waals surface area contributed by atoms with E-state index in [1.165, 1.54) is 41.7 Å². The first-order chi connectivity index (χ1) is 8.74. The van der Waals surface area contributed by atoms with Gasteiger partial charge in [-0.15, -0.1) is 0 Å². The van der Waals surface area contributed by atoms with Gasteiger partial charge in [-0.05, 0) is 55.7 Å². The molecule has 1 aliphatic rings. The van der Waals surface area contributed by atoms with Gasteiger partial charge in [0.05, 0.1) is 0 Å². The maximum absolute atomic E-state index is 3.72. The molecule has 2 rings (SSSR count). The van der Waals surface area contributed by atoms with Crippen LogP contribution in [0.3, 0.4) is 0 Å². The quantitative estimate of drug-likeness (QED) is 0.872. The molecular formula is C16H25NS. The molecule has 0 aromatic heterocycles. The van der Waals surface area contributed by atoms with E-state index in [4.69, 9.17) is 0 Å². The van der Waals surface area contributed by atoms with Gasteiger partial charge in [0.25, 0.3) is 0 Å². The summed E-state index contributed by atoms with van der Waals surface area (Å²) < 4.78 is 0. The Kier molecular flexibility index (Phi) is 5.13. The van der Waals surface area contributed by atoms with Gasteiger partial charge < -0.3 is 5.32 Å². The monoisotopic (exact) mass is 263 g/mol. The Hall–Kier alpha value is -0.470. The SMILES string of the molecule is CCNC(c1cccc(C)c1C)C1CCCCS1. The lowest BCUT2D eigenvalue weighted by atomic mass is 9.93. The molecule has 1 aromatic rings. The van der Waals surface area contributed by atoms with Crippen LogP contribution in [0.1, 0.15) is 48.9 Å². The average molecular weight is 263 g/mol. The van der Waals surface area contributed by atoms with Crippen molar-refractivity contribution in [3.63, 3.8) is 0 Å². The molecule has 2 heteroatoms. The van der Waals surface area contributed by atoms with Crippen LogP contribution >= 0.6 is 11.8 Å². The summed E-state index contributed by atoms with van der Waals surface area (Å²) in [6, 6.07) is 7.26. The minimum Gasteiger partial charge on any atom is -0.309 e. The summed E-state index contributed by atoms with van der Waals surface area (Å²) in [5.74, 6) is 1.33. The number of nitrogens with one attached hydrogen (secondary N) is 1. The number of rotatable bonds is 4. The molecule has 0 saturated carbocycles. The fourth-order valence-corrected chi connectivity index (χ4v) is 4.24. The number of hydrogen-bond acceptors (Lipinski definition) is 2. The van der Waals surface area contributed by atoms with Gasteiger partial charge in [0.15, 0.2) is 0 Å². The average Bonchev–Trinajstić information content (AvgIpc) is 2.41. The number of thioether (sulfide) groups is 1. The van der Waals surface area contributed by atoms with E-state index in [1.54, 1.807) is 0 Å². The molecule has 1 heterocycles. The second-order valence-electron chi connectivity index (χ2n) is 5.23. The Morgan fingerprint density at radius 2 is 2.17 bits per heavy atom. The van der Waals surface area contributed by atoms with E-state index in [-0.39, 0.29) is 0 Å². The Bertz CT molecular complexity index is 383. The Morgan fingerprint density at radius 1 is 1.33 bits per heavy atom. The van der Waals surface area contributed by atoms with E-state index in [0.717, 1.165) is 11.8 Å². The van der Waals surface area contributed by atoms with Crippen molar-refractivity contribution in [3.05, 3.63) is 34.9 Å². The highest BCUT2D eigenvalue weighted by atomic mass is 32.2. The third kappa shape index (κ3) is 3.10. The fourth-order valence-electron chi connectivity index (χ4n) is 2.80. The standard InChI is InChI=1S/C16H25NS/c1-4-17-16(15-10-5-6-11-18-15)14-9-7-8-12(2)13(14)3/h7-9,15-17H,4-6,10-11H2,1-3H3. The molecule has 18 heavy (non-hydrogen) atoms. The van der Waals surface area contributed by atoms with Crippen LogP contribution in [0.4, 0.5) is 0 Å². The van der Waals surface area contributed by atoms with Crippen LogP contribution in [-0.4, -0.2) is 17.5 Å². The van der Waals surface area contributed by atoms with Crippen LogP contribution < -0.4 is 5.32 Å². The van der Waals surface area contributed by atoms with Gasteiger partial charge in [0, 0.05) is 11.3 Å². The maximum atomic E-state index is 3.72. The molecule has 2 unspecified atom stereocenters. The van der Waals surface area contributed by atoms with E-state index in [0.29, 0.717) is 6.04 Å². The lowest BCUT2D eigenvalue weighted by molar-refractivity contribution is 0.489. The molecule has 0 radical (unpaired) electrons. The topological polar surface area (TPSA) is 12.0 Å². The smallest absolute Gasteiger partial charge is 0.0443 e.